The third kappa shape index (κ3) is 1.76. The molecule has 1 aliphatic carbocycles. The van der Waals surface area contributed by atoms with Gasteiger partial charge >= 0.3 is 5.97 Å². The minimum atomic E-state index is -0.533. The second kappa shape index (κ2) is 3.57. The number of ether oxygens (including phenoxy) is 1. The molecule has 0 fully saturated rings. The molecule has 0 saturated carbocycles. The van der Waals surface area contributed by atoms with Crippen LogP contribution in [0.15, 0.2) is 24.3 Å². The second-order valence-electron chi connectivity index (χ2n) is 3.04. The van der Waals surface area contributed by atoms with Gasteiger partial charge in [0, 0.05) is 0 Å². The molecule has 2 heteroatoms. The Hall–Kier alpha value is -1.05. The highest BCUT2D eigenvalue weighted by molar-refractivity contribution is 5.81. The van der Waals surface area contributed by atoms with Crippen LogP contribution in [0, 0.1) is 5.41 Å². The van der Waals surface area contributed by atoms with Crippen molar-refractivity contribution in [3.05, 3.63) is 24.3 Å². The van der Waals surface area contributed by atoms with Gasteiger partial charge in [0.25, 0.3) is 0 Å². The van der Waals surface area contributed by atoms with Gasteiger partial charge in [0.05, 0.1) is 6.61 Å². The van der Waals surface area contributed by atoms with Crippen LogP contribution in [0.5, 0.6) is 0 Å². The van der Waals surface area contributed by atoms with E-state index in [2.05, 4.69) is 0 Å². The molecule has 0 N–H and O–H groups in total. The van der Waals surface area contributed by atoms with Crippen molar-refractivity contribution in [3.8, 4) is 0 Å². The van der Waals surface area contributed by atoms with E-state index in [1.54, 1.807) is 0 Å². The van der Waals surface area contributed by atoms with Crippen LogP contribution in [0.4, 0.5) is 0 Å². The Kier molecular flexibility index (Phi) is 2.69. The zero-order valence-electron chi connectivity index (χ0n) is 7.54. The number of hydrogen-bond acceptors (Lipinski definition) is 2. The summed E-state index contributed by atoms with van der Waals surface area (Å²) in [4.78, 5) is 11.4. The van der Waals surface area contributed by atoms with E-state index in [4.69, 9.17) is 4.74 Å². The summed E-state index contributed by atoms with van der Waals surface area (Å²) in [6.07, 6.45) is 8.67. The Morgan fingerprint density at radius 3 is 2.58 bits per heavy atom. The van der Waals surface area contributed by atoms with Crippen LogP contribution in [-0.2, 0) is 9.53 Å². The van der Waals surface area contributed by atoms with E-state index in [1.807, 2.05) is 38.2 Å². The fraction of sp³-hybridized carbons (Fsp3) is 0.500. The van der Waals surface area contributed by atoms with Crippen molar-refractivity contribution >= 4 is 5.97 Å². The van der Waals surface area contributed by atoms with Crippen LogP contribution in [-0.4, -0.2) is 12.6 Å². The fourth-order valence-corrected chi connectivity index (χ4v) is 1.18. The maximum Gasteiger partial charge on any atom is 0.319 e. The van der Waals surface area contributed by atoms with Gasteiger partial charge in [-0.3, -0.25) is 4.79 Å². The minimum Gasteiger partial charge on any atom is -0.465 e. The van der Waals surface area contributed by atoms with E-state index >= 15 is 0 Å². The highest BCUT2D eigenvalue weighted by Crippen LogP contribution is 2.25. The summed E-state index contributed by atoms with van der Waals surface area (Å²) in [6.45, 7) is 4.12. The highest BCUT2D eigenvalue weighted by atomic mass is 16.5. The maximum atomic E-state index is 11.4. The Morgan fingerprint density at radius 1 is 1.50 bits per heavy atom. The average Bonchev–Trinajstić information content (AvgIpc) is 2.06. The van der Waals surface area contributed by atoms with E-state index < -0.39 is 5.41 Å². The Labute approximate surface area is 72.9 Å². The predicted molar refractivity (Wildman–Crippen MR) is 47.6 cm³/mol. The molecule has 2 nitrogen and oxygen atoms in total. The SMILES string of the molecule is CCOC(=O)C1(C)C=CCC=C1. The first-order chi connectivity index (χ1) is 5.69. The van der Waals surface area contributed by atoms with Gasteiger partial charge in [0.1, 0.15) is 5.41 Å². The molecule has 0 aromatic heterocycles. The molecular weight excluding hydrogens is 152 g/mol. The van der Waals surface area contributed by atoms with Crippen molar-refractivity contribution in [2.75, 3.05) is 6.61 Å². The van der Waals surface area contributed by atoms with Crippen molar-refractivity contribution in [1.29, 1.82) is 0 Å². The lowest BCUT2D eigenvalue weighted by Gasteiger charge is -2.21. The predicted octanol–water partition coefficient (Wildman–Crippen LogP) is 2.07. The van der Waals surface area contributed by atoms with Crippen molar-refractivity contribution < 1.29 is 9.53 Å². The molecule has 0 unspecified atom stereocenters. The summed E-state index contributed by atoms with van der Waals surface area (Å²) < 4.78 is 4.94. The van der Waals surface area contributed by atoms with Gasteiger partial charge in [-0.05, 0) is 20.3 Å². The first kappa shape index (κ1) is 9.04. The molecule has 0 aliphatic heterocycles. The molecule has 0 heterocycles. The zero-order chi connectivity index (χ0) is 9.03. The quantitative estimate of drug-likeness (QED) is 0.463. The average molecular weight is 166 g/mol. The van der Waals surface area contributed by atoms with Crippen molar-refractivity contribution in [2.45, 2.75) is 20.3 Å². The molecule has 0 aromatic rings. The van der Waals surface area contributed by atoms with Crippen LogP contribution in [0.3, 0.4) is 0 Å². The highest BCUT2D eigenvalue weighted by Gasteiger charge is 2.29. The lowest BCUT2D eigenvalue weighted by Crippen LogP contribution is -2.26. The molecule has 1 aliphatic rings. The van der Waals surface area contributed by atoms with Gasteiger partial charge in [0.15, 0.2) is 0 Å². The first-order valence-electron chi connectivity index (χ1n) is 4.21. The summed E-state index contributed by atoms with van der Waals surface area (Å²) >= 11 is 0. The van der Waals surface area contributed by atoms with Gasteiger partial charge in [-0.15, -0.1) is 0 Å². The molecular formula is C10H14O2. The van der Waals surface area contributed by atoms with E-state index in [-0.39, 0.29) is 5.97 Å². The summed E-state index contributed by atoms with van der Waals surface area (Å²) in [5, 5.41) is 0. The largest absolute Gasteiger partial charge is 0.465 e. The van der Waals surface area contributed by atoms with E-state index in [9.17, 15) is 4.79 Å². The second-order valence-corrected chi connectivity index (χ2v) is 3.04. The fourth-order valence-electron chi connectivity index (χ4n) is 1.18. The van der Waals surface area contributed by atoms with Gasteiger partial charge in [-0.25, -0.2) is 0 Å². The molecule has 0 atom stereocenters. The van der Waals surface area contributed by atoms with Gasteiger partial charge in [0.2, 0.25) is 0 Å². The number of allylic oxidation sites excluding steroid dienone is 2. The number of carbonyl (C=O) groups excluding carboxylic acids is 1. The van der Waals surface area contributed by atoms with Crippen LogP contribution in [0.1, 0.15) is 20.3 Å². The summed E-state index contributed by atoms with van der Waals surface area (Å²) in [5.74, 6) is -0.169. The van der Waals surface area contributed by atoms with Crippen molar-refractivity contribution in [3.63, 3.8) is 0 Å². The van der Waals surface area contributed by atoms with Crippen LogP contribution < -0.4 is 0 Å². The van der Waals surface area contributed by atoms with E-state index in [1.165, 1.54) is 0 Å². The normalized spacial score (nSPS) is 19.2. The molecule has 0 bridgehead atoms. The maximum absolute atomic E-state index is 11.4. The van der Waals surface area contributed by atoms with E-state index in [0.717, 1.165) is 6.42 Å². The van der Waals surface area contributed by atoms with Gasteiger partial charge < -0.3 is 4.74 Å². The topological polar surface area (TPSA) is 26.3 Å². The standard InChI is InChI=1S/C10H14O2/c1-3-12-9(11)10(2)7-5-4-6-8-10/h5-8H,3-4H2,1-2H3. The number of esters is 1. The minimum absolute atomic E-state index is 0.169. The molecule has 12 heavy (non-hydrogen) atoms. The van der Waals surface area contributed by atoms with E-state index in [0.29, 0.717) is 6.61 Å². The molecule has 1 rings (SSSR count). The number of carbonyl (C=O) groups is 1. The molecule has 66 valence electrons. The first-order valence-corrected chi connectivity index (χ1v) is 4.21. The summed E-state index contributed by atoms with van der Waals surface area (Å²) in [7, 11) is 0. The van der Waals surface area contributed by atoms with Gasteiger partial charge in [-0.1, -0.05) is 24.3 Å². The van der Waals surface area contributed by atoms with Crippen molar-refractivity contribution in [1.82, 2.24) is 0 Å². The molecule has 0 amide bonds. The van der Waals surface area contributed by atoms with Crippen LogP contribution >= 0.6 is 0 Å². The lowest BCUT2D eigenvalue weighted by atomic mass is 9.86. The lowest BCUT2D eigenvalue weighted by molar-refractivity contribution is -0.149. The number of hydrogen-bond donors (Lipinski definition) is 0. The Balaban J connectivity index is 2.70. The Bertz CT molecular complexity index is 214. The molecule has 0 aromatic carbocycles. The summed E-state index contributed by atoms with van der Waals surface area (Å²) in [6, 6.07) is 0. The molecule has 0 radical (unpaired) electrons. The zero-order valence-corrected chi connectivity index (χ0v) is 7.54. The van der Waals surface area contributed by atoms with Crippen LogP contribution in [0.2, 0.25) is 0 Å². The van der Waals surface area contributed by atoms with Crippen molar-refractivity contribution in [2.24, 2.45) is 5.41 Å². The van der Waals surface area contributed by atoms with Crippen LogP contribution in [0.25, 0.3) is 0 Å². The molecule has 0 spiro atoms. The van der Waals surface area contributed by atoms with Gasteiger partial charge in [-0.2, -0.15) is 0 Å². The smallest absolute Gasteiger partial charge is 0.319 e. The number of rotatable bonds is 2. The third-order valence-corrected chi connectivity index (χ3v) is 1.92. The summed E-state index contributed by atoms with van der Waals surface area (Å²) in [5.41, 5.74) is -0.533. The Morgan fingerprint density at radius 2 is 2.08 bits per heavy atom. The monoisotopic (exact) mass is 166 g/mol. The molecule has 0 saturated heterocycles. The third-order valence-electron chi connectivity index (χ3n) is 1.92.